The third-order valence-electron chi connectivity index (χ3n) is 3.05. The van der Waals surface area contributed by atoms with E-state index in [0.29, 0.717) is 0 Å². The second-order valence-electron chi connectivity index (χ2n) is 4.72. The highest BCUT2D eigenvalue weighted by Gasteiger charge is 2.27. The van der Waals surface area contributed by atoms with Crippen LogP contribution >= 0.6 is 0 Å². The maximum Gasteiger partial charge on any atom is 0.00964 e. The van der Waals surface area contributed by atoms with Crippen molar-refractivity contribution in [3.8, 4) is 0 Å². The molecule has 0 atom stereocenters. The molecule has 90 valence electrons. The number of unbranched alkanes of at least 4 members (excludes halogenated alkanes) is 1. The second-order valence-corrected chi connectivity index (χ2v) is 4.72. The SMILES string of the molecule is CCCNCCCCN(CCC)C1CC1. The van der Waals surface area contributed by atoms with Gasteiger partial charge in [-0.15, -0.1) is 0 Å². The fourth-order valence-corrected chi connectivity index (χ4v) is 2.07. The van der Waals surface area contributed by atoms with Gasteiger partial charge in [-0.2, -0.15) is 0 Å². The molecule has 0 bridgehead atoms. The highest BCUT2D eigenvalue weighted by molar-refractivity contribution is 4.84. The van der Waals surface area contributed by atoms with Gasteiger partial charge >= 0.3 is 0 Å². The summed E-state index contributed by atoms with van der Waals surface area (Å²) in [6.45, 7) is 9.54. The van der Waals surface area contributed by atoms with Gasteiger partial charge < -0.3 is 10.2 Å². The van der Waals surface area contributed by atoms with Crippen molar-refractivity contribution in [2.45, 2.75) is 58.4 Å². The van der Waals surface area contributed by atoms with Crippen LogP contribution in [0.25, 0.3) is 0 Å². The van der Waals surface area contributed by atoms with Crippen molar-refractivity contribution in [3.05, 3.63) is 0 Å². The van der Waals surface area contributed by atoms with E-state index in [1.165, 1.54) is 64.7 Å². The molecule has 0 radical (unpaired) electrons. The topological polar surface area (TPSA) is 15.3 Å². The number of rotatable bonds is 10. The lowest BCUT2D eigenvalue weighted by Gasteiger charge is -2.20. The van der Waals surface area contributed by atoms with Crippen LogP contribution in [0.2, 0.25) is 0 Å². The third-order valence-corrected chi connectivity index (χ3v) is 3.05. The largest absolute Gasteiger partial charge is 0.317 e. The van der Waals surface area contributed by atoms with Gasteiger partial charge in [-0.1, -0.05) is 13.8 Å². The van der Waals surface area contributed by atoms with Gasteiger partial charge in [0.25, 0.3) is 0 Å². The molecule has 1 aliphatic carbocycles. The molecule has 15 heavy (non-hydrogen) atoms. The molecule has 0 saturated heterocycles. The molecule has 0 aromatic rings. The Labute approximate surface area is 95.4 Å². The molecule has 1 aliphatic rings. The summed E-state index contributed by atoms with van der Waals surface area (Å²) >= 11 is 0. The maximum absolute atomic E-state index is 3.47. The minimum atomic E-state index is 0.952. The molecule has 1 N–H and O–H groups in total. The van der Waals surface area contributed by atoms with E-state index in [2.05, 4.69) is 24.1 Å². The molecule has 0 spiro atoms. The summed E-state index contributed by atoms with van der Waals surface area (Å²) in [5, 5.41) is 3.47. The zero-order valence-electron chi connectivity index (χ0n) is 10.6. The van der Waals surface area contributed by atoms with Crippen LogP contribution in [0.3, 0.4) is 0 Å². The molecule has 0 unspecified atom stereocenters. The van der Waals surface area contributed by atoms with Crippen molar-refractivity contribution in [2.75, 3.05) is 26.2 Å². The number of nitrogens with zero attached hydrogens (tertiary/aromatic N) is 1. The van der Waals surface area contributed by atoms with Gasteiger partial charge in [-0.3, -0.25) is 0 Å². The molecule has 0 aromatic heterocycles. The molecule has 1 fully saturated rings. The maximum atomic E-state index is 3.47. The van der Waals surface area contributed by atoms with Gasteiger partial charge in [0.05, 0.1) is 0 Å². The Balaban J connectivity index is 1.92. The first-order valence-corrected chi connectivity index (χ1v) is 6.83. The monoisotopic (exact) mass is 212 g/mol. The second kappa shape index (κ2) is 8.12. The zero-order valence-corrected chi connectivity index (χ0v) is 10.6. The Bertz CT molecular complexity index is 143. The molecule has 0 aliphatic heterocycles. The predicted octanol–water partition coefficient (Wildman–Crippen LogP) is 2.64. The number of hydrogen-bond donors (Lipinski definition) is 1. The normalized spacial score (nSPS) is 16.2. The van der Waals surface area contributed by atoms with Gasteiger partial charge in [0, 0.05) is 6.04 Å². The lowest BCUT2D eigenvalue weighted by atomic mass is 10.2. The van der Waals surface area contributed by atoms with Crippen molar-refractivity contribution >= 4 is 0 Å². The minimum Gasteiger partial charge on any atom is -0.317 e. The molecule has 2 nitrogen and oxygen atoms in total. The summed E-state index contributed by atoms with van der Waals surface area (Å²) < 4.78 is 0. The van der Waals surface area contributed by atoms with E-state index in [1.807, 2.05) is 0 Å². The van der Waals surface area contributed by atoms with Crippen molar-refractivity contribution in [1.82, 2.24) is 10.2 Å². The van der Waals surface area contributed by atoms with Crippen LogP contribution in [-0.2, 0) is 0 Å². The summed E-state index contributed by atoms with van der Waals surface area (Å²) in [7, 11) is 0. The fourth-order valence-electron chi connectivity index (χ4n) is 2.07. The van der Waals surface area contributed by atoms with Gasteiger partial charge in [0.2, 0.25) is 0 Å². The summed E-state index contributed by atoms with van der Waals surface area (Å²) in [5.41, 5.74) is 0. The van der Waals surface area contributed by atoms with Gasteiger partial charge in [-0.25, -0.2) is 0 Å². The van der Waals surface area contributed by atoms with Crippen molar-refractivity contribution in [1.29, 1.82) is 0 Å². The molecular formula is C13H28N2. The lowest BCUT2D eigenvalue weighted by molar-refractivity contribution is 0.258. The minimum absolute atomic E-state index is 0.952. The number of hydrogen-bond acceptors (Lipinski definition) is 2. The Hall–Kier alpha value is -0.0800. The highest BCUT2D eigenvalue weighted by atomic mass is 15.2. The summed E-state index contributed by atoms with van der Waals surface area (Å²) in [6.07, 6.45) is 8.18. The van der Waals surface area contributed by atoms with Crippen LogP contribution in [0.1, 0.15) is 52.4 Å². The molecule has 0 amide bonds. The summed E-state index contributed by atoms with van der Waals surface area (Å²) in [4.78, 5) is 2.69. The van der Waals surface area contributed by atoms with E-state index in [0.717, 1.165) is 6.04 Å². The van der Waals surface area contributed by atoms with Crippen molar-refractivity contribution in [2.24, 2.45) is 0 Å². The van der Waals surface area contributed by atoms with E-state index in [4.69, 9.17) is 0 Å². The van der Waals surface area contributed by atoms with E-state index in [-0.39, 0.29) is 0 Å². The van der Waals surface area contributed by atoms with E-state index < -0.39 is 0 Å². The van der Waals surface area contributed by atoms with Gasteiger partial charge in [0.15, 0.2) is 0 Å². The zero-order chi connectivity index (χ0) is 10.9. The molecule has 2 heteroatoms. The van der Waals surface area contributed by atoms with Crippen LogP contribution in [0.5, 0.6) is 0 Å². The van der Waals surface area contributed by atoms with Crippen LogP contribution in [0.4, 0.5) is 0 Å². The molecular weight excluding hydrogens is 184 g/mol. The standard InChI is InChI=1S/C13H28N2/c1-3-9-14-10-5-6-12-15(11-4-2)13-7-8-13/h13-14H,3-12H2,1-2H3. The van der Waals surface area contributed by atoms with Crippen LogP contribution in [-0.4, -0.2) is 37.1 Å². The van der Waals surface area contributed by atoms with Crippen molar-refractivity contribution < 1.29 is 0 Å². The Morgan fingerprint density at radius 3 is 2.40 bits per heavy atom. The highest BCUT2D eigenvalue weighted by Crippen LogP contribution is 2.26. The summed E-state index contributed by atoms with van der Waals surface area (Å²) in [5.74, 6) is 0. The van der Waals surface area contributed by atoms with Gasteiger partial charge in [-0.05, 0) is 64.7 Å². The Kier molecular flexibility index (Phi) is 7.03. The molecule has 1 rings (SSSR count). The van der Waals surface area contributed by atoms with Crippen molar-refractivity contribution in [3.63, 3.8) is 0 Å². The number of nitrogens with one attached hydrogen (secondary N) is 1. The molecule has 1 saturated carbocycles. The van der Waals surface area contributed by atoms with E-state index >= 15 is 0 Å². The quantitative estimate of drug-likeness (QED) is 0.560. The van der Waals surface area contributed by atoms with Crippen LogP contribution in [0, 0.1) is 0 Å². The first kappa shape index (κ1) is 13.0. The fraction of sp³-hybridized carbons (Fsp3) is 1.00. The average molecular weight is 212 g/mol. The van der Waals surface area contributed by atoms with E-state index in [9.17, 15) is 0 Å². The van der Waals surface area contributed by atoms with Crippen LogP contribution in [0.15, 0.2) is 0 Å². The van der Waals surface area contributed by atoms with E-state index in [1.54, 1.807) is 0 Å². The third kappa shape index (κ3) is 6.16. The Morgan fingerprint density at radius 2 is 1.80 bits per heavy atom. The summed E-state index contributed by atoms with van der Waals surface area (Å²) in [6, 6.07) is 0.952. The first-order valence-electron chi connectivity index (χ1n) is 6.83. The van der Waals surface area contributed by atoms with Gasteiger partial charge in [0.1, 0.15) is 0 Å². The first-order chi connectivity index (χ1) is 7.38. The lowest BCUT2D eigenvalue weighted by Crippen LogP contribution is -2.28. The Morgan fingerprint density at radius 1 is 1.00 bits per heavy atom. The molecule has 0 aromatic carbocycles. The smallest absolute Gasteiger partial charge is 0.00964 e. The molecule has 0 heterocycles. The van der Waals surface area contributed by atoms with Crippen LogP contribution < -0.4 is 5.32 Å². The predicted molar refractivity (Wildman–Crippen MR) is 67.3 cm³/mol. The average Bonchev–Trinajstić information content (AvgIpc) is 3.05.